The first-order chi connectivity index (χ1) is 12.1. The summed E-state index contributed by atoms with van der Waals surface area (Å²) in [7, 11) is 0. The van der Waals surface area contributed by atoms with Crippen LogP contribution >= 0.6 is 23.1 Å². The largest absolute Gasteiger partial charge is 0.300 e. The Hall–Kier alpha value is -2.52. The van der Waals surface area contributed by atoms with Gasteiger partial charge in [-0.2, -0.15) is 0 Å². The fraction of sp³-hybridized carbons (Fsp3) is 0.188. The highest BCUT2D eigenvalue weighted by atomic mass is 32.2. The number of nitrogens with zero attached hydrogens (tertiary/aromatic N) is 5. The maximum absolute atomic E-state index is 12.1. The number of pyridine rings is 1. The van der Waals surface area contributed by atoms with Crippen molar-refractivity contribution in [2.24, 2.45) is 0 Å². The van der Waals surface area contributed by atoms with Gasteiger partial charge in [0.1, 0.15) is 5.01 Å². The van der Waals surface area contributed by atoms with Crippen LogP contribution in [0.3, 0.4) is 0 Å². The van der Waals surface area contributed by atoms with Crippen molar-refractivity contribution < 1.29 is 4.79 Å². The number of benzene rings is 1. The van der Waals surface area contributed by atoms with Crippen molar-refractivity contribution in [1.82, 2.24) is 24.8 Å². The second kappa shape index (κ2) is 6.41. The lowest BCUT2D eigenvalue weighted by atomic mass is 10.1. The van der Waals surface area contributed by atoms with Crippen LogP contribution in [-0.4, -0.2) is 36.5 Å². The Labute approximate surface area is 151 Å². The van der Waals surface area contributed by atoms with Gasteiger partial charge in [0.05, 0.1) is 11.3 Å². The number of fused-ring (bicyclic) bond motifs is 3. The van der Waals surface area contributed by atoms with E-state index < -0.39 is 0 Å². The lowest BCUT2D eigenvalue weighted by molar-refractivity contribution is -0.113. The Kier molecular flexibility index (Phi) is 4.10. The van der Waals surface area contributed by atoms with Crippen molar-refractivity contribution in [3.63, 3.8) is 0 Å². The van der Waals surface area contributed by atoms with Gasteiger partial charge < -0.3 is 0 Å². The van der Waals surface area contributed by atoms with Gasteiger partial charge in [-0.05, 0) is 36.9 Å². The predicted molar refractivity (Wildman–Crippen MR) is 99.2 cm³/mol. The van der Waals surface area contributed by atoms with E-state index in [4.69, 9.17) is 0 Å². The standard InChI is InChI=1S/C16H14N6OS2/c1-9-7-11-5-3-4-6-12(11)22-14(9)19-21-16(22)24-8-13(23)17-15-20-18-10(2)25-15/h3-7H,8H2,1-2H3,(H,17,20,23). The average molecular weight is 370 g/mol. The molecule has 1 amide bonds. The molecular weight excluding hydrogens is 356 g/mol. The van der Waals surface area contributed by atoms with Gasteiger partial charge in [-0.3, -0.25) is 14.5 Å². The van der Waals surface area contributed by atoms with E-state index in [9.17, 15) is 4.79 Å². The van der Waals surface area contributed by atoms with Crippen LogP contribution in [0.2, 0.25) is 0 Å². The summed E-state index contributed by atoms with van der Waals surface area (Å²) in [4.78, 5) is 12.1. The Balaban J connectivity index is 1.60. The topological polar surface area (TPSA) is 85.1 Å². The number of thioether (sulfide) groups is 1. The summed E-state index contributed by atoms with van der Waals surface area (Å²) < 4.78 is 2.00. The number of nitrogens with one attached hydrogen (secondary N) is 1. The van der Waals surface area contributed by atoms with E-state index in [0.29, 0.717) is 10.3 Å². The summed E-state index contributed by atoms with van der Waals surface area (Å²) in [5, 5.41) is 22.2. The molecular formula is C16H14N6OS2. The second-order valence-electron chi connectivity index (χ2n) is 5.49. The molecule has 0 bridgehead atoms. The first-order valence-electron chi connectivity index (χ1n) is 7.58. The van der Waals surface area contributed by atoms with E-state index in [1.165, 1.54) is 23.1 Å². The third-order valence-electron chi connectivity index (χ3n) is 3.64. The van der Waals surface area contributed by atoms with Gasteiger partial charge in [-0.25, -0.2) is 0 Å². The van der Waals surface area contributed by atoms with E-state index in [1.807, 2.05) is 36.4 Å². The number of rotatable bonds is 4. The monoisotopic (exact) mass is 370 g/mol. The summed E-state index contributed by atoms with van der Waals surface area (Å²) in [5.74, 6) is 0.0802. The number of amides is 1. The summed E-state index contributed by atoms with van der Waals surface area (Å²) in [6, 6.07) is 10.2. The number of anilines is 1. The van der Waals surface area contributed by atoms with Gasteiger partial charge >= 0.3 is 0 Å². The minimum absolute atomic E-state index is 0.144. The van der Waals surface area contributed by atoms with Crippen LogP contribution in [-0.2, 0) is 4.79 Å². The van der Waals surface area contributed by atoms with E-state index in [1.54, 1.807) is 0 Å². The number of aromatic nitrogens is 5. The van der Waals surface area contributed by atoms with Gasteiger partial charge in [0.25, 0.3) is 0 Å². The van der Waals surface area contributed by atoms with Crippen LogP contribution in [0.5, 0.6) is 0 Å². The molecule has 126 valence electrons. The van der Waals surface area contributed by atoms with Crippen LogP contribution in [0.4, 0.5) is 5.13 Å². The van der Waals surface area contributed by atoms with Crippen molar-refractivity contribution >= 4 is 50.7 Å². The van der Waals surface area contributed by atoms with Crippen molar-refractivity contribution in [2.45, 2.75) is 19.0 Å². The normalized spacial score (nSPS) is 11.3. The van der Waals surface area contributed by atoms with Gasteiger partial charge in [-0.15, -0.1) is 20.4 Å². The highest BCUT2D eigenvalue weighted by Gasteiger charge is 2.14. The number of hydrogen-bond donors (Lipinski definition) is 1. The smallest absolute Gasteiger partial charge is 0.236 e. The third-order valence-corrected chi connectivity index (χ3v) is 5.32. The molecule has 0 saturated heterocycles. The number of aryl methyl sites for hydroxylation is 2. The molecule has 0 aliphatic rings. The van der Waals surface area contributed by atoms with Crippen molar-refractivity contribution in [2.75, 3.05) is 11.1 Å². The lowest BCUT2D eigenvalue weighted by Crippen LogP contribution is -2.14. The third kappa shape index (κ3) is 3.08. The quantitative estimate of drug-likeness (QED) is 0.556. The summed E-state index contributed by atoms with van der Waals surface area (Å²) in [5.41, 5.74) is 2.88. The summed E-state index contributed by atoms with van der Waals surface area (Å²) >= 11 is 2.70. The van der Waals surface area contributed by atoms with Crippen molar-refractivity contribution in [3.8, 4) is 0 Å². The SMILES string of the molecule is Cc1nnc(NC(=O)CSc2nnc3c(C)cc4ccccc4n23)s1. The molecule has 3 aromatic heterocycles. The molecule has 0 unspecified atom stereocenters. The summed E-state index contributed by atoms with van der Waals surface area (Å²) in [6.07, 6.45) is 0. The first-order valence-corrected chi connectivity index (χ1v) is 9.38. The Morgan fingerprint density at radius 3 is 2.84 bits per heavy atom. The molecule has 0 spiro atoms. The molecule has 7 nitrogen and oxygen atoms in total. The molecule has 25 heavy (non-hydrogen) atoms. The lowest BCUT2D eigenvalue weighted by Gasteiger charge is -2.06. The zero-order valence-electron chi connectivity index (χ0n) is 13.6. The van der Waals surface area contributed by atoms with Crippen molar-refractivity contribution in [3.05, 3.63) is 40.9 Å². The molecule has 0 radical (unpaired) electrons. The van der Waals surface area contributed by atoms with E-state index in [0.717, 1.165) is 27.1 Å². The fourth-order valence-electron chi connectivity index (χ4n) is 2.58. The second-order valence-corrected chi connectivity index (χ2v) is 7.61. The van der Waals surface area contributed by atoms with E-state index in [2.05, 4.69) is 37.8 Å². The van der Waals surface area contributed by atoms with Crippen LogP contribution in [0.15, 0.2) is 35.5 Å². The summed E-state index contributed by atoms with van der Waals surface area (Å²) in [6.45, 7) is 3.85. The molecule has 1 aromatic carbocycles. The molecule has 1 N–H and O–H groups in total. The first kappa shape index (κ1) is 16.0. The van der Waals surface area contributed by atoms with Crippen LogP contribution in [0, 0.1) is 13.8 Å². The number of carbonyl (C=O) groups is 1. The Morgan fingerprint density at radius 1 is 1.20 bits per heavy atom. The molecule has 0 atom stereocenters. The van der Waals surface area contributed by atoms with Crippen LogP contribution < -0.4 is 5.32 Å². The maximum Gasteiger partial charge on any atom is 0.236 e. The number of hydrogen-bond acceptors (Lipinski definition) is 7. The van der Waals surface area contributed by atoms with Crippen molar-refractivity contribution in [1.29, 1.82) is 0 Å². The molecule has 0 fully saturated rings. The predicted octanol–water partition coefficient (Wildman–Crippen LogP) is 3.08. The molecule has 0 aliphatic carbocycles. The molecule has 4 aromatic rings. The highest BCUT2D eigenvalue weighted by Crippen LogP contribution is 2.25. The van der Waals surface area contributed by atoms with Gasteiger partial charge in [0, 0.05) is 0 Å². The maximum atomic E-state index is 12.1. The molecule has 0 saturated carbocycles. The zero-order valence-corrected chi connectivity index (χ0v) is 15.2. The fourth-order valence-corrected chi connectivity index (χ4v) is 3.93. The molecule has 4 rings (SSSR count). The molecule has 0 aliphatic heterocycles. The Bertz CT molecular complexity index is 1090. The van der Waals surface area contributed by atoms with E-state index >= 15 is 0 Å². The van der Waals surface area contributed by atoms with Gasteiger partial charge in [0.15, 0.2) is 10.8 Å². The minimum atomic E-state index is -0.144. The van der Waals surface area contributed by atoms with Gasteiger partial charge in [0.2, 0.25) is 11.0 Å². The van der Waals surface area contributed by atoms with Crippen LogP contribution in [0.25, 0.3) is 16.6 Å². The molecule has 3 heterocycles. The van der Waals surface area contributed by atoms with E-state index in [-0.39, 0.29) is 11.7 Å². The van der Waals surface area contributed by atoms with Gasteiger partial charge in [-0.1, -0.05) is 41.3 Å². The van der Waals surface area contributed by atoms with Crippen LogP contribution in [0.1, 0.15) is 10.6 Å². The highest BCUT2D eigenvalue weighted by molar-refractivity contribution is 7.99. The number of para-hydroxylation sites is 1. The zero-order chi connectivity index (χ0) is 17.4. The molecule has 9 heteroatoms. The Morgan fingerprint density at radius 2 is 2.04 bits per heavy atom. The average Bonchev–Trinajstić information content (AvgIpc) is 3.20. The number of carbonyl (C=O) groups excluding carboxylic acids is 1. The minimum Gasteiger partial charge on any atom is -0.300 e.